The van der Waals surface area contributed by atoms with Gasteiger partial charge in [0.2, 0.25) is 0 Å². The second kappa shape index (κ2) is 9.39. The molecule has 0 N–H and O–H groups in total. The van der Waals surface area contributed by atoms with E-state index >= 15 is 0 Å². The summed E-state index contributed by atoms with van der Waals surface area (Å²) in [6.45, 7) is 13.8. The standard InChI is InChI=1S/C21H35NOSi/c1-20(2,3)19(21(4,5)6)24-23-18(16-22)15-11-10-14-17-12-8-7-9-13-17/h7-9,12-13,18-19H,10-11,14-15,24H2,1-6H3. The van der Waals surface area contributed by atoms with Gasteiger partial charge >= 0.3 is 0 Å². The molecule has 0 bridgehead atoms. The van der Waals surface area contributed by atoms with Crippen LogP contribution in [0.3, 0.4) is 0 Å². The van der Waals surface area contributed by atoms with Gasteiger partial charge in [0.05, 0.1) is 6.07 Å². The molecule has 1 unspecified atom stereocenters. The summed E-state index contributed by atoms with van der Waals surface area (Å²) >= 11 is 0. The van der Waals surface area contributed by atoms with Gasteiger partial charge in [0.25, 0.3) is 0 Å². The van der Waals surface area contributed by atoms with Crippen molar-refractivity contribution in [1.82, 2.24) is 0 Å². The molecule has 0 aliphatic rings. The largest absolute Gasteiger partial charge is 0.408 e. The monoisotopic (exact) mass is 345 g/mol. The minimum atomic E-state index is -0.749. The van der Waals surface area contributed by atoms with Crippen LogP contribution in [0.25, 0.3) is 0 Å². The number of aryl methyl sites for hydroxylation is 1. The molecule has 0 saturated carbocycles. The highest BCUT2D eigenvalue weighted by Crippen LogP contribution is 2.44. The highest BCUT2D eigenvalue weighted by Gasteiger charge is 2.35. The summed E-state index contributed by atoms with van der Waals surface area (Å²) < 4.78 is 6.14. The fourth-order valence-electron chi connectivity index (χ4n) is 3.50. The van der Waals surface area contributed by atoms with Crippen LogP contribution in [0.1, 0.15) is 66.4 Å². The minimum absolute atomic E-state index is 0.223. The van der Waals surface area contributed by atoms with Gasteiger partial charge in [-0.15, -0.1) is 0 Å². The second-order valence-corrected chi connectivity index (χ2v) is 10.5. The summed E-state index contributed by atoms with van der Waals surface area (Å²) in [5.74, 6) is 0. The van der Waals surface area contributed by atoms with Crippen LogP contribution in [0.2, 0.25) is 5.54 Å². The molecule has 0 fully saturated rings. The number of benzene rings is 1. The normalized spacial score (nSPS) is 14.2. The van der Waals surface area contributed by atoms with Gasteiger partial charge in [-0.2, -0.15) is 5.26 Å². The first-order valence-electron chi connectivity index (χ1n) is 9.19. The Labute approximate surface area is 151 Å². The Morgan fingerprint density at radius 2 is 1.58 bits per heavy atom. The fourth-order valence-corrected chi connectivity index (χ4v) is 5.17. The molecular formula is C21H35NOSi. The van der Waals surface area contributed by atoms with E-state index in [4.69, 9.17) is 4.43 Å². The average molecular weight is 346 g/mol. The lowest BCUT2D eigenvalue weighted by atomic mass is 9.77. The van der Waals surface area contributed by atoms with Crippen molar-refractivity contribution in [2.45, 2.75) is 78.9 Å². The number of hydrogen-bond donors (Lipinski definition) is 0. The van der Waals surface area contributed by atoms with E-state index in [1.807, 2.05) is 0 Å². The molecule has 0 aliphatic heterocycles. The maximum Gasteiger partial charge on any atom is 0.167 e. The van der Waals surface area contributed by atoms with E-state index in [0.29, 0.717) is 5.54 Å². The van der Waals surface area contributed by atoms with Crippen LogP contribution in [0.15, 0.2) is 30.3 Å². The maximum absolute atomic E-state index is 9.41. The minimum Gasteiger partial charge on any atom is -0.408 e. The van der Waals surface area contributed by atoms with Crippen LogP contribution >= 0.6 is 0 Å². The Morgan fingerprint density at radius 1 is 1.00 bits per heavy atom. The SMILES string of the molecule is CC(C)(C)C([SiH2]OC(C#N)CCCCc1ccccc1)C(C)(C)C. The Morgan fingerprint density at radius 3 is 2.08 bits per heavy atom. The summed E-state index contributed by atoms with van der Waals surface area (Å²) in [5, 5.41) is 9.41. The quantitative estimate of drug-likeness (QED) is 0.475. The average Bonchev–Trinajstić information content (AvgIpc) is 2.48. The Balaban J connectivity index is 2.40. The van der Waals surface area contributed by atoms with Crippen molar-refractivity contribution < 1.29 is 4.43 Å². The molecule has 3 heteroatoms. The number of unbranched alkanes of at least 4 members (excludes halogenated alkanes) is 1. The van der Waals surface area contributed by atoms with E-state index < -0.39 is 9.76 Å². The molecule has 1 aromatic rings. The van der Waals surface area contributed by atoms with Gasteiger partial charge in [-0.1, -0.05) is 71.9 Å². The molecule has 2 nitrogen and oxygen atoms in total. The van der Waals surface area contributed by atoms with Crippen molar-refractivity contribution >= 4 is 9.76 Å². The number of hydrogen-bond acceptors (Lipinski definition) is 2. The number of rotatable bonds is 8. The zero-order valence-corrected chi connectivity index (χ0v) is 17.8. The number of nitrogens with zero attached hydrogens (tertiary/aromatic N) is 1. The van der Waals surface area contributed by atoms with E-state index in [-0.39, 0.29) is 16.9 Å². The van der Waals surface area contributed by atoms with Crippen LogP contribution in [-0.2, 0) is 10.8 Å². The lowest BCUT2D eigenvalue weighted by Gasteiger charge is -2.40. The summed E-state index contributed by atoms with van der Waals surface area (Å²) in [7, 11) is -0.749. The van der Waals surface area contributed by atoms with Crippen LogP contribution in [-0.4, -0.2) is 15.9 Å². The molecule has 1 atom stereocenters. The van der Waals surface area contributed by atoms with Crippen LogP contribution < -0.4 is 0 Å². The van der Waals surface area contributed by atoms with Gasteiger partial charge in [0.15, 0.2) is 9.76 Å². The van der Waals surface area contributed by atoms with Crippen LogP contribution in [0.5, 0.6) is 0 Å². The molecule has 0 heterocycles. The molecule has 0 radical (unpaired) electrons. The van der Waals surface area contributed by atoms with Crippen molar-refractivity contribution in [3.05, 3.63) is 35.9 Å². The molecule has 24 heavy (non-hydrogen) atoms. The van der Waals surface area contributed by atoms with Gasteiger partial charge in [0, 0.05) is 0 Å². The third kappa shape index (κ3) is 7.64. The number of nitriles is 1. The fraction of sp³-hybridized carbons (Fsp3) is 0.667. The Bertz CT molecular complexity index is 493. The van der Waals surface area contributed by atoms with Gasteiger partial charge < -0.3 is 4.43 Å². The predicted molar refractivity (Wildman–Crippen MR) is 106 cm³/mol. The summed E-state index contributed by atoms with van der Waals surface area (Å²) in [6.07, 6.45) is 3.90. The summed E-state index contributed by atoms with van der Waals surface area (Å²) in [5.41, 5.74) is 2.40. The van der Waals surface area contributed by atoms with Crippen LogP contribution in [0, 0.1) is 22.2 Å². The van der Waals surface area contributed by atoms with Gasteiger partial charge in [-0.25, -0.2) is 0 Å². The first kappa shape index (κ1) is 20.9. The van der Waals surface area contributed by atoms with Gasteiger partial charge in [-0.3, -0.25) is 0 Å². The molecule has 1 rings (SSSR count). The zero-order chi connectivity index (χ0) is 18.2. The van der Waals surface area contributed by atoms with Crippen molar-refractivity contribution in [1.29, 1.82) is 5.26 Å². The first-order chi connectivity index (χ1) is 11.1. The summed E-state index contributed by atoms with van der Waals surface area (Å²) in [4.78, 5) is 0. The maximum atomic E-state index is 9.41. The van der Waals surface area contributed by atoms with E-state index in [1.165, 1.54) is 5.56 Å². The highest BCUT2D eigenvalue weighted by atomic mass is 28.2. The van der Waals surface area contributed by atoms with E-state index in [2.05, 4.69) is 77.9 Å². The predicted octanol–water partition coefficient (Wildman–Crippen LogP) is 5.27. The van der Waals surface area contributed by atoms with Crippen molar-refractivity contribution in [3.8, 4) is 6.07 Å². The molecule has 0 amide bonds. The molecule has 134 valence electrons. The molecule has 1 aromatic carbocycles. The van der Waals surface area contributed by atoms with E-state index in [0.717, 1.165) is 25.7 Å². The van der Waals surface area contributed by atoms with Crippen LogP contribution in [0.4, 0.5) is 0 Å². The molecule has 0 saturated heterocycles. The summed E-state index contributed by atoms with van der Waals surface area (Å²) in [6, 6.07) is 12.9. The Hall–Kier alpha value is -1.11. The highest BCUT2D eigenvalue weighted by molar-refractivity contribution is 6.30. The third-order valence-electron chi connectivity index (χ3n) is 4.72. The molecular weight excluding hydrogens is 310 g/mol. The lowest BCUT2D eigenvalue weighted by Crippen LogP contribution is -2.34. The van der Waals surface area contributed by atoms with Crippen molar-refractivity contribution in [3.63, 3.8) is 0 Å². The first-order valence-corrected chi connectivity index (χ1v) is 10.6. The van der Waals surface area contributed by atoms with Gasteiger partial charge in [0.1, 0.15) is 6.10 Å². The van der Waals surface area contributed by atoms with E-state index in [9.17, 15) is 5.26 Å². The molecule has 0 spiro atoms. The van der Waals surface area contributed by atoms with Gasteiger partial charge in [-0.05, 0) is 47.6 Å². The topological polar surface area (TPSA) is 33.0 Å². The molecule has 0 aromatic heterocycles. The van der Waals surface area contributed by atoms with Crippen molar-refractivity contribution in [2.75, 3.05) is 0 Å². The zero-order valence-electron chi connectivity index (χ0n) is 16.4. The molecule has 0 aliphatic carbocycles. The third-order valence-corrected chi connectivity index (χ3v) is 8.10. The smallest absolute Gasteiger partial charge is 0.167 e. The lowest BCUT2D eigenvalue weighted by molar-refractivity contribution is 0.184. The second-order valence-electron chi connectivity index (χ2n) is 8.97. The van der Waals surface area contributed by atoms with Crippen molar-refractivity contribution in [2.24, 2.45) is 10.8 Å². The Kier molecular flexibility index (Phi) is 8.19. The van der Waals surface area contributed by atoms with E-state index in [1.54, 1.807) is 0 Å².